The Balaban J connectivity index is 1.46. The molecule has 1 aromatic carbocycles. The van der Waals surface area contributed by atoms with Crippen LogP contribution in [0, 0.1) is 5.82 Å². The van der Waals surface area contributed by atoms with Gasteiger partial charge >= 0.3 is 0 Å². The molecule has 25 heavy (non-hydrogen) atoms. The molecule has 5 heteroatoms. The van der Waals surface area contributed by atoms with E-state index in [-0.39, 0.29) is 5.82 Å². The van der Waals surface area contributed by atoms with E-state index in [1.807, 2.05) is 19.1 Å². The van der Waals surface area contributed by atoms with E-state index < -0.39 is 5.60 Å². The van der Waals surface area contributed by atoms with Crippen molar-refractivity contribution in [2.45, 2.75) is 44.1 Å². The topological polar surface area (TPSA) is 49.5 Å². The Hall–Kier alpha value is -2.14. The van der Waals surface area contributed by atoms with Crippen LogP contribution in [0.5, 0.6) is 0 Å². The zero-order valence-corrected chi connectivity index (χ0v) is 14.4. The summed E-state index contributed by atoms with van der Waals surface area (Å²) in [4.78, 5) is 2.36. The summed E-state index contributed by atoms with van der Waals surface area (Å²) < 4.78 is 18.6. The van der Waals surface area contributed by atoms with E-state index in [2.05, 4.69) is 16.1 Å². The normalized spacial score (nSPS) is 24.8. The molecule has 0 saturated carbocycles. The van der Waals surface area contributed by atoms with Gasteiger partial charge in [-0.25, -0.2) is 4.39 Å². The highest BCUT2D eigenvalue weighted by molar-refractivity contribution is 5.79. The highest BCUT2D eigenvalue weighted by Gasteiger charge is 2.30. The van der Waals surface area contributed by atoms with Crippen LogP contribution in [0.15, 0.2) is 46.6 Å². The van der Waals surface area contributed by atoms with E-state index in [1.165, 1.54) is 17.8 Å². The van der Waals surface area contributed by atoms with Crippen LogP contribution in [0.2, 0.25) is 0 Å². The molecule has 4 nitrogen and oxygen atoms in total. The summed E-state index contributed by atoms with van der Waals surface area (Å²) in [5.41, 5.74) is 1.95. The van der Waals surface area contributed by atoms with Gasteiger partial charge in [-0.1, -0.05) is 24.2 Å². The quantitative estimate of drug-likeness (QED) is 0.911. The zero-order chi connectivity index (χ0) is 17.4. The average Bonchev–Trinajstić information content (AvgIpc) is 3.05. The number of aliphatic hydroxyl groups is 1. The van der Waals surface area contributed by atoms with Crippen molar-refractivity contribution in [3.63, 3.8) is 0 Å². The van der Waals surface area contributed by atoms with Gasteiger partial charge in [0, 0.05) is 42.6 Å². The minimum absolute atomic E-state index is 0.300. The van der Waals surface area contributed by atoms with Gasteiger partial charge in [0.25, 0.3) is 0 Å². The fourth-order valence-electron chi connectivity index (χ4n) is 3.90. The summed E-state index contributed by atoms with van der Waals surface area (Å²) in [6, 6.07) is 4.62. The molecule has 0 spiro atoms. The highest BCUT2D eigenvalue weighted by atomic mass is 19.1. The molecule has 132 valence electrons. The number of nitrogens with zero attached hydrogens (tertiary/aromatic N) is 2. The van der Waals surface area contributed by atoms with Crippen molar-refractivity contribution in [3.05, 3.63) is 53.6 Å². The lowest BCUT2D eigenvalue weighted by Crippen LogP contribution is -2.37. The number of benzene rings is 1. The minimum Gasteiger partial charge on any atom is -0.385 e. The summed E-state index contributed by atoms with van der Waals surface area (Å²) in [6.07, 6.45) is 9.32. The zero-order valence-electron chi connectivity index (χ0n) is 14.4. The summed E-state index contributed by atoms with van der Waals surface area (Å²) in [6.45, 7) is 3.87. The van der Waals surface area contributed by atoms with E-state index in [0.717, 1.165) is 43.4 Å². The summed E-state index contributed by atoms with van der Waals surface area (Å²) in [5.74, 6) is 0.0264. The number of hydrogen-bond acceptors (Lipinski definition) is 4. The first kappa shape index (κ1) is 16.3. The Bertz CT molecular complexity index is 833. The number of piperidine rings is 1. The third kappa shape index (κ3) is 3.09. The van der Waals surface area contributed by atoms with Crippen molar-refractivity contribution < 1.29 is 14.0 Å². The Morgan fingerprint density at radius 1 is 1.36 bits per heavy atom. The maximum atomic E-state index is 13.3. The number of hydrogen-bond donors (Lipinski definition) is 1. The number of rotatable bonds is 3. The average molecular weight is 342 g/mol. The standard InChI is InChI=1S/C20H23FN2O2/c1-2-20(24)9-3-4-16(13-20)23-10-7-14(8-11-23)19-17-6-5-15(21)12-18(17)25-22-19/h3-6,9,12,14,24H,2,7-8,10-11,13H2,1H3. The van der Waals surface area contributed by atoms with Crippen LogP contribution in [0.1, 0.15) is 44.2 Å². The van der Waals surface area contributed by atoms with Gasteiger partial charge in [-0.2, -0.15) is 0 Å². The molecule has 2 aromatic rings. The minimum atomic E-state index is -0.715. The number of aromatic nitrogens is 1. The van der Waals surface area contributed by atoms with Gasteiger partial charge in [0.1, 0.15) is 5.82 Å². The molecule has 1 fully saturated rings. The predicted molar refractivity (Wildman–Crippen MR) is 94.6 cm³/mol. The highest BCUT2D eigenvalue weighted by Crippen LogP contribution is 2.36. The van der Waals surface area contributed by atoms with Gasteiger partial charge < -0.3 is 14.5 Å². The molecule has 0 amide bonds. The maximum absolute atomic E-state index is 13.3. The Morgan fingerprint density at radius 3 is 2.92 bits per heavy atom. The summed E-state index contributed by atoms with van der Waals surface area (Å²) in [5, 5.41) is 15.6. The van der Waals surface area contributed by atoms with E-state index in [1.54, 1.807) is 6.07 Å². The second kappa shape index (κ2) is 6.30. The van der Waals surface area contributed by atoms with Crippen LogP contribution in [0.25, 0.3) is 11.0 Å². The molecular weight excluding hydrogens is 319 g/mol. The maximum Gasteiger partial charge on any atom is 0.170 e. The largest absolute Gasteiger partial charge is 0.385 e. The molecule has 2 aliphatic rings. The summed E-state index contributed by atoms with van der Waals surface area (Å²) >= 11 is 0. The molecule has 0 radical (unpaired) electrons. The fraction of sp³-hybridized carbons (Fsp3) is 0.450. The SMILES string of the molecule is CCC1(O)C=CC=C(N2CCC(c3noc4cc(F)ccc34)CC2)C1. The lowest BCUT2D eigenvalue weighted by molar-refractivity contribution is 0.0740. The molecule has 1 saturated heterocycles. The molecule has 1 aliphatic heterocycles. The monoisotopic (exact) mass is 342 g/mol. The molecule has 1 aliphatic carbocycles. The van der Waals surface area contributed by atoms with Gasteiger partial charge in [-0.05, 0) is 37.5 Å². The van der Waals surface area contributed by atoms with Gasteiger partial charge in [-0.15, -0.1) is 0 Å². The van der Waals surface area contributed by atoms with Crippen molar-refractivity contribution in [2.75, 3.05) is 13.1 Å². The van der Waals surface area contributed by atoms with Gasteiger partial charge in [0.05, 0.1) is 11.3 Å². The van der Waals surface area contributed by atoms with Crippen LogP contribution in [-0.2, 0) is 0 Å². The van der Waals surface area contributed by atoms with Crippen LogP contribution in [0.3, 0.4) is 0 Å². The van der Waals surface area contributed by atoms with Crippen LogP contribution in [0.4, 0.5) is 4.39 Å². The third-order valence-electron chi connectivity index (χ3n) is 5.54. The van der Waals surface area contributed by atoms with Crippen molar-refractivity contribution >= 4 is 11.0 Å². The first-order valence-electron chi connectivity index (χ1n) is 8.98. The van der Waals surface area contributed by atoms with E-state index in [9.17, 15) is 9.50 Å². The molecular formula is C20H23FN2O2. The van der Waals surface area contributed by atoms with E-state index in [4.69, 9.17) is 4.52 Å². The molecule has 0 bridgehead atoms. The van der Waals surface area contributed by atoms with Crippen LogP contribution < -0.4 is 0 Å². The first-order valence-corrected chi connectivity index (χ1v) is 8.98. The van der Waals surface area contributed by atoms with E-state index in [0.29, 0.717) is 17.9 Å². The Kier molecular flexibility index (Phi) is 4.12. The molecule has 2 heterocycles. The van der Waals surface area contributed by atoms with E-state index >= 15 is 0 Å². The Morgan fingerprint density at radius 2 is 2.16 bits per heavy atom. The third-order valence-corrected chi connectivity index (χ3v) is 5.54. The lowest BCUT2D eigenvalue weighted by Gasteiger charge is -2.38. The number of likely N-dealkylation sites (tertiary alicyclic amines) is 1. The van der Waals surface area contributed by atoms with Crippen LogP contribution in [-0.4, -0.2) is 33.9 Å². The van der Waals surface area contributed by atoms with Crippen molar-refractivity contribution in [1.82, 2.24) is 10.1 Å². The number of allylic oxidation sites excluding steroid dienone is 2. The lowest BCUT2D eigenvalue weighted by atomic mass is 9.87. The molecule has 1 N–H and O–H groups in total. The van der Waals surface area contributed by atoms with Crippen molar-refractivity contribution in [1.29, 1.82) is 0 Å². The fourth-order valence-corrected chi connectivity index (χ4v) is 3.90. The molecule has 1 unspecified atom stereocenters. The Labute approximate surface area is 146 Å². The smallest absolute Gasteiger partial charge is 0.170 e. The number of fused-ring (bicyclic) bond motifs is 1. The van der Waals surface area contributed by atoms with Crippen LogP contribution >= 0.6 is 0 Å². The van der Waals surface area contributed by atoms with Crippen molar-refractivity contribution in [3.8, 4) is 0 Å². The number of halogens is 1. The molecule has 1 atom stereocenters. The second-order valence-corrected chi connectivity index (χ2v) is 7.12. The summed E-state index contributed by atoms with van der Waals surface area (Å²) in [7, 11) is 0. The molecule has 4 rings (SSSR count). The first-order chi connectivity index (χ1) is 12.1. The van der Waals surface area contributed by atoms with Gasteiger partial charge in [0.2, 0.25) is 0 Å². The van der Waals surface area contributed by atoms with Gasteiger partial charge in [-0.3, -0.25) is 0 Å². The van der Waals surface area contributed by atoms with Gasteiger partial charge in [0.15, 0.2) is 5.58 Å². The molecule has 1 aromatic heterocycles. The van der Waals surface area contributed by atoms with Crippen molar-refractivity contribution in [2.24, 2.45) is 0 Å². The predicted octanol–water partition coefficient (Wildman–Crippen LogP) is 4.13. The second-order valence-electron chi connectivity index (χ2n) is 7.12.